The number of hydrogen-bond acceptors (Lipinski definition) is 5. The Kier molecular flexibility index (Phi) is 12.4. The van der Waals surface area contributed by atoms with Crippen LogP contribution in [0.5, 0.6) is 5.75 Å². The van der Waals surface area contributed by atoms with Crippen molar-refractivity contribution in [1.82, 2.24) is 10.2 Å². The van der Waals surface area contributed by atoms with E-state index in [4.69, 9.17) is 27.9 Å². The first-order valence-electron chi connectivity index (χ1n) is 14.8. The Morgan fingerprint density at radius 2 is 1.62 bits per heavy atom. The molecule has 12 heteroatoms. The van der Waals surface area contributed by atoms with Crippen LogP contribution in [0.25, 0.3) is 0 Å². The van der Waals surface area contributed by atoms with Crippen LogP contribution in [0.4, 0.5) is 5.69 Å². The predicted molar refractivity (Wildman–Crippen MR) is 191 cm³/mol. The lowest BCUT2D eigenvalue weighted by atomic mass is 10.0. The highest BCUT2D eigenvalue weighted by atomic mass is 79.9. The van der Waals surface area contributed by atoms with Gasteiger partial charge < -0.3 is 15.0 Å². The second kappa shape index (κ2) is 16.0. The average Bonchev–Trinajstić information content (AvgIpc) is 3.03. The van der Waals surface area contributed by atoms with Gasteiger partial charge in [-0.2, -0.15) is 0 Å². The van der Waals surface area contributed by atoms with Crippen LogP contribution < -0.4 is 14.4 Å². The first kappa shape index (κ1) is 36.3. The molecule has 0 saturated carbocycles. The van der Waals surface area contributed by atoms with Gasteiger partial charge in [0.05, 0.1) is 22.2 Å². The van der Waals surface area contributed by atoms with Crippen molar-refractivity contribution in [3.05, 3.63) is 122 Å². The van der Waals surface area contributed by atoms with Crippen LogP contribution in [-0.2, 0) is 32.6 Å². The molecule has 0 aromatic heterocycles. The molecule has 0 heterocycles. The summed E-state index contributed by atoms with van der Waals surface area (Å²) < 4.78 is 35.4. The fraction of sp³-hybridized carbons (Fsp3) is 0.257. The van der Waals surface area contributed by atoms with Gasteiger partial charge in [-0.3, -0.25) is 13.9 Å². The molecule has 4 aromatic carbocycles. The average molecular weight is 762 g/mol. The molecule has 1 unspecified atom stereocenters. The Morgan fingerprint density at radius 1 is 0.936 bits per heavy atom. The van der Waals surface area contributed by atoms with Crippen molar-refractivity contribution in [2.24, 2.45) is 0 Å². The monoisotopic (exact) mass is 759 g/mol. The minimum atomic E-state index is -4.30. The summed E-state index contributed by atoms with van der Waals surface area (Å²) in [6.07, 6.45) is 0.180. The SMILES string of the molecule is COc1ccc(S(=O)(=O)N(CC(=O)N(Cc2ccc(Cl)cc2Cl)C(Cc2ccccc2)C(=O)NC(C)C)c2ccc(C)cc2)cc1Br. The Bertz CT molecular complexity index is 1820. The number of methoxy groups -OCH3 is 1. The predicted octanol–water partition coefficient (Wildman–Crippen LogP) is 7.43. The number of anilines is 1. The van der Waals surface area contributed by atoms with Crippen LogP contribution in [0.1, 0.15) is 30.5 Å². The molecule has 0 aliphatic rings. The fourth-order valence-electron chi connectivity index (χ4n) is 4.94. The minimum Gasteiger partial charge on any atom is -0.496 e. The molecule has 8 nitrogen and oxygen atoms in total. The molecule has 4 rings (SSSR count). The summed E-state index contributed by atoms with van der Waals surface area (Å²) in [4.78, 5) is 29.8. The molecule has 0 fully saturated rings. The largest absolute Gasteiger partial charge is 0.496 e. The van der Waals surface area contributed by atoms with Gasteiger partial charge in [-0.05, 0) is 90.3 Å². The van der Waals surface area contributed by atoms with E-state index < -0.39 is 28.5 Å². The summed E-state index contributed by atoms with van der Waals surface area (Å²) in [6.45, 7) is 4.87. The zero-order chi connectivity index (χ0) is 34.3. The number of hydrogen-bond donors (Lipinski definition) is 1. The normalized spacial score (nSPS) is 12.0. The first-order chi connectivity index (χ1) is 22.3. The van der Waals surface area contributed by atoms with Crippen molar-refractivity contribution in [2.75, 3.05) is 18.0 Å². The molecule has 1 atom stereocenters. The van der Waals surface area contributed by atoms with E-state index in [2.05, 4.69) is 21.2 Å². The van der Waals surface area contributed by atoms with Crippen LogP contribution >= 0.6 is 39.1 Å². The minimum absolute atomic E-state index is 0.0516. The van der Waals surface area contributed by atoms with Crippen LogP contribution in [0.2, 0.25) is 10.0 Å². The van der Waals surface area contributed by atoms with Gasteiger partial charge in [-0.1, -0.05) is 77.3 Å². The first-order valence-corrected chi connectivity index (χ1v) is 17.8. The Morgan fingerprint density at radius 3 is 2.21 bits per heavy atom. The lowest BCUT2D eigenvalue weighted by molar-refractivity contribution is -0.140. The molecule has 1 N–H and O–H groups in total. The molecule has 0 bridgehead atoms. The van der Waals surface area contributed by atoms with E-state index in [1.807, 2.05) is 51.1 Å². The van der Waals surface area contributed by atoms with Gasteiger partial charge in [0.15, 0.2) is 0 Å². The smallest absolute Gasteiger partial charge is 0.264 e. The second-order valence-electron chi connectivity index (χ2n) is 11.3. The standard InChI is InChI=1S/C35H36BrCl2N3O5S/c1-23(2)39-35(43)32(18-25-8-6-5-7-9-25)40(21-26-12-13-27(37)19-31(26)38)34(42)22-41(28-14-10-24(3)11-15-28)47(44,45)29-16-17-33(46-4)30(36)20-29/h5-17,19-20,23,32H,18,21-22H2,1-4H3,(H,39,43). The van der Waals surface area contributed by atoms with Crippen molar-refractivity contribution in [3.8, 4) is 5.75 Å². The summed E-state index contributed by atoms with van der Waals surface area (Å²) in [6, 6.07) is 24.2. The molecule has 0 radical (unpaired) electrons. The third-order valence-corrected chi connectivity index (χ3v) is 10.3. The number of amides is 2. The van der Waals surface area contributed by atoms with E-state index in [1.54, 1.807) is 42.5 Å². The van der Waals surface area contributed by atoms with E-state index in [1.165, 1.54) is 30.2 Å². The maximum atomic E-state index is 14.6. The van der Waals surface area contributed by atoms with Gasteiger partial charge in [0.1, 0.15) is 18.3 Å². The van der Waals surface area contributed by atoms with Crippen LogP contribution in [0.3, 0.4) is 0 Å². The van der Waals surface area contributed by atoms with E-state index in [-0.39, 0.29) is 35.5 Å². The topological polar surface area (TPSA) is 96.0 Å². The maximum absolute atomic E-state index is 14.6. The molecule has 2 amide bonds. The summed E-state index contributed by atoms with van der Waals surface area (Å²) >= 11 is 16.1. The number of sulfonamides is 1. The van der Waals surface area contributed by atoms with Gasteiger partial charge in [-0.15, -0.1) is 0 Å². The fourth-order valence-corrected chi connectivity index (χ4v) is 7.54. The Balaban J connectivity index is 1.84. The number of carbonyl (C=O) groups is 2. The number of halogens is 3. The van der Waals surface area contributed by atoms with Gasteiger partial charge in [0, 0.05) is 29.1 Å². The highest BCUT2D eigenvalue weighted by Crippen LogP contribution is 2.31. The highest BCUT2D eigenvalue weighted by Gasteiger charge is 2.35. The second-order valence-corrected chi connectivity index (χ2v) is 14.8. The Labute approximate surface area is 294 Å². The van der Waals surface area contributed by atoms with Gasteiger partial charge in [0.25, 0.3) is 10.0 Å². The zero-order valence-corrected chi connectivity index (χ0v) is 30.3. The third kappa shape index (κ3) is 9.28. The molecule has 4 aromatic rings. The lowest BCUT2D eigenvalue weighted by Crippen LogP contribution is -2.54. The number of aryl methyl sites for hydroxylation is 1. The maximum Gasteiger partial charge on any atom is 0.264 e. The summed E-state index contributed by atoms with van der Waals surface area (Å²) in [5, 5.41) is 3.66. The van der Waals surface area contributed by atoms with Gasteiger partial charge >= 0.3 is 0 Å². The molecular formula is C35H36BrCl2N3O5S. The van der Waals surface area contributed by atoms with Crippen molar-refractivity contribution >= 4 is 66.7 Å². The summed E-state index contributed by atoms with van der Waals surface area (Å²) in [7, 11) is -2.82. The van der Waals surface area contributed by atoms with E-state index in [9.17, 15) is 18.0 Å². The molecule has 0 aliphatic heterocycles. The van der Waals surface area contributed by atoms with Crippen molar-refractivity contribution in [3.63, 3.8) is 0 Å². The van der Waals surface area contributed by atoms with Crippen molar-refractivity contribution in [2.45, 2.75) is 50.7 Å². The van der Waals surface area contributed by atoms with E-state index in [0.717, 1.165) is 15.4 Å². The van der Waals surface area contributed by atoms with Crippen LogP contribution in [0, 0.1) is 6.92 Å². The van der Waals surface area contributed by atoms with E-state index >= 15 is 0 Å². The van der Waals surface area contributed by atoms with Gasteiger partial charge in [0.2, 0.25) is 11.8 Å². The Hall–Kier alpha value is -3.57. The molecule has 0 spiro atoms. The number of benzene rings is 4. The number of ether oxygens (including phenoxy) is 1. The molecule has 47 heavy (non-hydrogen) atoms. The third-order valence-electron chi connectivity index (χ3n) is 7.37. The number of carbonyl (C=O) groups excluding carboxylic acids is 2. The number of nitrogens with one attached hydrogen (secondary N) is 1. The summed E-state index contributed by atoms with van der Waals surface area (Å²) in [5.41, 5.74) is 2.56. The molecule has 0 aliphatic carbocycles. The molecular weight excluding hydrogens is 725 g/mol. The highest BCUT2D eigenvalue weighted by molar-refractivity contribution is 9.10. The molecule has 0 saturated heterocycles. The lowest BCUT2D eigenvalue weighted by Gasteiger charge is -2.34. The van der Waals surface area contributed by atoms with Crippen molar-refractivity contribution < 1.29 is 22.7 Å². The van der Waals surface area contributed by atoms with Crippen molar-refractivity contribution in [1.29, 1.82) is 0 Å². The number of rotatable bonds is 13. The van der Waals surface area contributed by atoms with Gasteiger partial charge in [-0.25, -0.2) is 8.42 Å². The van der Waals surface area contributed by atoms with E-state index in [0.29, 0.717) is 25.8 Å². The number of nitrogens with zero attached hydrogens (tertiary/aromatic N) is 2. The zero-order valence-electron chi connectivity index (χ0n) is 26.4. The summed E-state index contributed by atoms with van der Waals surface area (Å²) in [5.74, 6) is -0.536. The van der Waals surface area contributed by atoms with Crippen LogP contribution in [0.15, 0.2) is 100 Å². The van der Waals surface area contributed by atoms with Crippen LogP contribution in [-0.4, -0.2) is 50.9 Å². The quantitative estimate of drug-likeness (QED) is 0.153. The molecule has 248 valence electrons.